The standard InChI is InChI=1S/C15H13FN2O2/c16-20-15(19)17-12-8-7-11-6-5-10-3-1-2-4-13(10)18-14(11)9-12/h1-4,7-9,18H,5-6H2,(H,17,19). The van der Waals surface area contributed by atoms with Crippen LogP contribution in [0.2, 0.25) is 0 Å². The monoisotopic (exact) mass is 272 g/mol. The largest absolute Gasteiger partial charge is 0.449 e. The third-order valence-corrected chi connectivity index (χ3v) is 3.38. The molecule has 0 bridgehead atoms. The molecule has 0 aromatic heterocycles. The van der Waals surface area contributed by atoms with Gasteiger partial charge in [0.05, 0.1) is 0 Å². The van der Waals surface area contributed by atoms with Crippen LogP contribution in [-0.4, -0.2) is 6.09 Å². The van der Waals surface area contributed by atoms with Gasteiger partial charge >= 0.3 is 6.09 Å². The molecule has 2 N–H and O–H groups in total. The van der Waals surface area contributed by atoms with Crippen molar-refractivity contribution in [3.8, 4) is 0 Å². The molecule has 0 radical (unpaired) electrons. The second-order valence-corrected chi connectivity index (χ2v) is 4.64. The van der Waals surface area contributed by atoms with Gasteiger partial charge in [0.15, 0.2) is 0 Å². The van der Waals surface area contributed by atoms with Crippen molar-refractivity contribution in [1.82, 2.24) is 0 Å². The SMILES string of the molecule is O=C(Nc1ccc2c(c1)Nc1ccccc1CC2)OF. The minimum absolute atomic E-state index is 0.485. The number of hydrogen-bond acceptors (Lipinski definition) is 3. The Hall–Kier alpha value is -2.56. The van der Waals surface area contributed by atoms with Crippen molar-refractivity contribution in [3.63, 3.8) is 0 Å². The van der Waals surface area contributed by atoms with Crippen molar-refractivity contribution in [2.24, 2.45) is 0 Å². The number of para-hydroxylation sites is 1. The van der Waals surface area contributed by atoms with Crippen LogP contribution in [0.3, 0.4) is 0 Å². The summed E-state index contributed by atoms with van der Waals surface area (Å²) in [7, 11) is 0. The molecule has 0 atom stereocenters. The third kappa shape index (κ3) is 2.42. The third-order valence-electron chi connectivity index (χ3n) is 3.38. The summed E-state index contributed by atoms with van der Waals surface area (Å²) in [5, 5.41) is 5.66. The zero-order valence-corrected chi connectivity index (χ0v) is 10.7. The molecule has 0 unspecified atom stereocenters. The number of aryl methyl sites for hydroxylation is 2. The lowest BCUT2D eigenvalue weighted by Crippen LogP contribution is -2.09. The summed E-state index contributed by atoms with van der Waals surface area (Å²) in [6, 6.07) is 13.5. The highest BCUT2D eigenvalue weighted by Gasteiger charge is 2.13. The van der Waals surface area contributed by atoms with Crippen LogP contribution in [-0.2, 0) is 17.8 Å². The van der Waals surface area contributed by atoms with Crippen LogP contribution in [0.4, 0.5) is 26.4 Å². The number of carbonyl (C=O) groups excluding carboxylic acids is 1. The van der Waals surface area contributed by atoms with Gasteiger partial charge in [0.1, 0.15) is 0 Å². The van der Waals surface area contributed by atoms with Gasteiger partial charge in [-0.25, -0.2) is 9.74 Å². The summed E-state index contributed by atoms with van der Waals surface area (Å²) in [6.07, 6.45) is 0.738. The Labute approximate surface area is 115 Å². The van der Waals surface area contributed by atoms with Crippen molar-refractivity contribution < 1.29 is 14.3 Å². The maximum Gasteiger partial charge on any atom is 0.449 e. The number of halogens is 1. The summed E-state index contributed by atoms with van der Waals surface area (Å²) in [4.78, 5) is 14.0. The van der Waals surface area contributed by atoms with E-state index in [4.69, 9.17) is 0 Å². The average Bonchev–Trinajstić information content (AvgIpc) is 2.65. The lowest BCUT2D eigenvalue weighted by Gasteiger charge is -2.11. The highest BCUT2D eigenvalue weighted by Crippen LogP contribution is 2.31. The van der Waals surface area contributed by atoms with Crippen molar-refractivity contribution in [3.05, 3.63) is 53.6 Å². The lowest BCUT2D eigenvalue weighted by atomic mass is 10.0. The fourth-order valence-corrected chi connectivity index (χ4v) is 2.40. The van der Waals surface area contributed by atoms with E-state index < -0.39 is 6.09 Å². The predicted molar refractivity (Wildman–Crippen MR) is 74.8 cm³/mol. The number of rotatable bonds is 1. The number of amides is 1. The smallest absolute Gasteiger partial charge is 0.355 e. The molecule has 4 nitrogen and oxygen atoms in total. The van der Waals surface area contributed by atoms with Gasteiger partial charge in [-0.2, -0.15) is 0 Å². The molecule has 20 heavy (non-hydrogen) atoms. The Balaban J connectivity index is 1.92. The molecule has 2 aromatic carbocycles. The molecule has 3 rings (SSSR count). The summed E-state index contributed by atoms with van der Waals surface area (Å²) in [6.45, 7) is 0. The van der Waals surface area contributed by atoms with E-state index in [2.05, 4.69) is 21.6 Å². The number of carbonyl (C=O) groups is 1. The van der Waals surface area contributed by atoms with Gasteiger partial charge in [-0.3, -0.25) is 5.32 Å². The zero-order chi connectivity index (χ0) is 13.9. The van der Waals surface area contributed by atoms with Gasteiger partial charge in [0.2, 0.25) is 0 Å². The molecule has 1 aliphatic heterocycles. The number of fused-ring (bicyclic) bond motifs is 2. The number of hydrogen-bond donors (Lipinski definition) is 2. The lowest BCUT2D eigenvalue weighted by molar-refractivity contribution is -0.0544. The molecule has 1 amide bonds. The fraction of sp³-hybridized carbons (Fsp3) is 0.133. The number of anilines is 3. The predicted octanol–water partition coefficient (Wildman–Crippen LogP) is 3.96. The Morgan fingerprint density at radius 3 is 2.65 bits per heavy atom. The number of benzene rings is 2. The van der Waals surface area contributed by atoms with Crippen molar-refractivity contribution in [2.75, 3.05) is 10.6 Å². The zero-order valence-electron chi connectivity index (χ0n) is 10.7. The van der Waals surface area contributed by atoms with E-state index in [-0.39, 0.29) is 0 Å². The fourth-order valence-electron chi connectivity index (χ4n) is 2.40. The summed E-state index contributed by atoms with van der Waals surface area (Å²) in [5.41, 5.74) is 4.85. The van der Waals surface area contributed by atoms with E-state index in [1.165, 1.54) is 5.56 Å². The van der Waals surface area contributed by atoms with Crippen LogP contribution in [0, 0.1) is 0 Å². The van der Waals surface area contributed by atoms with Crippen LogP contribution >= 0.6 is 0 Å². The summed E-state index contributed by atoms with van der Waals surface area (Å²) >= 11 is 0. The van der Waals surface area contributed by atoms with E-state index in [0.717, 1.165) is 29.8 Å². The highest BCUT2D eigenvalue weighted by atomic mass is 19.3. The van der Waals surface area contributed by atoms with Gasteiger partial charge in [-0.1, -0.05) is 24.3 Å². The van der Waals surface area contributed by atoms with Crippen molar-refractivity contribution in [2.45, 2.75) is 12.8 Å². The molecular weight excluding hydrogens is 259 g/mol. The number of nitrogens with one attached hydrogen (secondary N) is 2. The van der Waals surface area contributed by atoms with E-state index in [0.29, 0.717) is 5.69 Å². The average molecular weight is 272 g/mol. The molecule has 0 aliphatic carbocycles. The van der Waals surface area contributed by atoms with Gasteiger partial charge in [0.25, 0.3) is 0 Å². The molecule has 0 saturated carbocycles. The van der Waals surface area contributed by atoms with Gasteiger partial charge in [-0.05, 0) is 42.2 Å². The quantitative estimate of drug-likeness (QED) is 0.826. The highest BCUT2D eigenvalue weighted by molar-refractivity contribution is 5.85. The first-order chi connectivity index (χ1) is 9.76. The summed E-state index contributed by atoms with van der Waals surface area (Å²) in [5.74, 6) is 0. The van der Waals surface area contributed by atoms with Crippen LogP contribution in [0.15, 0.2) is 42.5 Å². The molecule has 0 spiro atoms. The first-order valence-electron chi connectivity index (χ1n) is 6.34. The Kier molecular flexibility index (Phi) is 3.25. The Morgan fingerprint density at radius 2 is 1.85 bits per heavy atom. The van der Waals surface area contributed by atoms with E-state index in [1.807, 2.05) is 24.3 Å². The van der Waals surface area contributed by atoms with Crippen molar-refractivity contribution in [1.29, 1.82) is 0 Å². The van der Waals surface area contributed by atoms with Crippen LogP contribution < -0.4 is 10.6 Å². The maximum atomic E-state index is 11.7. The van der Waals surface area contributed by atoms with Crippen LogP contribution in [0.25, 0.3) is 0 Å². The topological polar surface area (TPSA) is 50.4 Å². The molecule has 2 aromatic rings. The van der Waals surface area contributed by atoms with Crippen LogP contribution in [0.1, 0.15) is 11.1 Å². The molecule has 102 valence electrons. The minimum atomic E-state index is -1.13. The van der Waals surface area contributed by atoms with Crippen molar-refractivity contribution >= 4 is 23.2 Å². The normalized spacial score (nSPS) is 12.4. The van der Waals surface area contributed by atoms with Gasteiger partial charge in [-0.15, -0.1) is 0 Å². The van der Waals surface area contributed by atoms with E-state index in [9.17, 15) is 9.32 Å². The Morgan fingerprint density at radius 1 is 1.10 bits per heavy atom. The molecule has 0 saturated heterocycles. The summed E-state index contributed by atoms with van der Waals surface area (Å²) < 4.78 is 11.7. The van der Waals surface area contributed by atoms with Crippen LogP contribution in [0.5, 0.6) is 0 Å². The molecule has 0 fully saturated rings. The van der Waals surface area contributed by atoms with E-state index >= 15 is 0 Å². The maximum absolute atomic E-state index is 11.7. The second kappa shape index (κ2) is 5.21. The van der Waals surface area contributed by atoms with E-state index in [1.54, 1.807) is 12.1 Å². The molecular formula is C15H13FN2O2. The first kappa shape index (κ1) is 12.5. The molecule has 1 aliphatic rings. The molecule has 1 heterocycles. The second-order valence-electron chi connectivity index (χ2n) is 4.64. The Bertz CT molecular complexity index is 658. The molecule has 5 heteroatoms. The van der Waals surface area contributed by atoms with Gasteiger partial charge < -0.3 is 5.32 Å². The van der Waals surface area contributed by atoms with Gasteiger partial charge in [0, 0.05) is 21.6 Å². The first-order valence-corrected chi connectivity index (χ1v) is 6.34. The minimum Gasteiger partial charge on any atom is -0.355 e.